The minimum Gasteiger partial charge on any atom is -0.300 e. The van der Waals surface area contributed by atoms with Gasteiger partial charge in [-0.3, -0.25) is 4.79 Å². The maximum Gasteiger partial charge on any atom is 0.180 e. The van der Waals surface area contributed by atoms with Gasteiger partial charge in [0.25, 0.3) is 0 Å². The number of carbonyl (C=O) groups is 1. The molecule has 0 aliphatic rings. The molecular formula is C10H11FOS. The fourth-order valence-electron chi connectivity index (χ4n) is 1.02. The highest BCUT2D eigenvalue weighted by molar-refractivity contribution is 7.99. The van der Waals surface area contributed by atoms with E-state index in [0.29, 0.717) is 11.8 Å². The lowest BCUT2D eigenvalue weighted by Gasteiger charge is -2.03. The predicted octanol–water partition coefficient (Wildman–Crippen LogP) is 3.01. The first-order valence-corrected chi connectivity index (χ1v) is 5.08. The topological polar surface area (TPSA) is 17.1 Å². The summed E-state index contributed by atoms with van der Waals surface area (Å²) in [5, 5.41) is 0. The summed E-state index contributed by atoms with van der Waals surface area (Å²) >= 11 is 1.63. The maximum atomic E-state index is 12.9. The molecule has 1 unspecified atom stereocenters. The Kier molecular flexibility index (Phi) is 3.96. The predicted molar refractivity (Wildman–Crippen MR) is 52.8 cm³/mol. The normalized spacial score (nSPS) is 12.5. The summed E-state index contributed by atoms with van der Waals surface area (Å²) in [6, 6.07) is 7.02. The van der Waals surface area contributed by atoms with Gasteiger partial charge < -0.3 is 0 Å². The second kappa shape index (κ2) is 5.02. The van der Waals surface area contributed by atoms with E-state index in [1.54, 1.807) is 30.0 Å². The van der Waals surface area contributed by atoms with Gasteiger partial charge in [0.05, 0.1) is 0 Å². The van der Waals surface area contributed by atoms with E-state index in [4.69, 9.17) is 0 Å². The van der Waals surface area contributed by atoms with Crippen molar-refractivity contribution in [3.63, 3.8) is 0 Å². The van der Waals surface area contributed by atoms with Crippen LogP contribution >= 0.6 is 11.8 Å². The molecule has 1 rings (SSSR count). The summed E-state index contributed by atoms with van der Waals surface area (Å²) in [4.78, 5) is 11.2. The van der Waals surface area contributed by atoms with Crippen molar-refractivity contribution < 1.29 is 9.18 Å². The number of thioether (sulfide) groups is 1. The summed E-state index contributed by atoms with van der Waals surface area (Å²) in [6.07, 6.45) is -1.17. The molecule has 0 heterocycles. The molecule has 1 atom stereocenters. The molecule has 0 radical (unpaired) electrons. The number of hydrogen-bond donors (Lipinski definition) is 0. The van der Waals surface area contributed by atoms with Crippen molar-refractivity contribution in [2.75, 3.05) is 5.75 Å². The second-order valence-electron chi connectivity index (χ2n) is 2.54. The van der Waals surface area contributed by atoms with Gasteiger partial charge in [-0.2, -0.15) is 0 Å². The Bertz CT molecular complexity index is 288. The van der Waals surface area contributed by atoms with Gasteiger partial charge in [0.1, 0.15) is 0 Å². The SMILES string of the molecule is CCSc1cccc(C(F)C=O)c1. The molecule has 1 aromatic rings. The van der Waals surface area contributed by atoms with Crippen LogP contribution in [0.15, 0.2) is 29.2 Å². The molecule has 0 saturated heterocycles. The van der Waals surface area contributed by atoms with Gasteiger partial charge in [0, 0.05) is 4.90 Å². The van der Waals surface area contributed by atoms with E-state index < -0.39 is 6.17 Å². The van der Waals surface area contributed by atoms with Gasteiger partial charge in [-0.25, -0.2) is 4.39 Å². The number of benzene rings is 1. The number of rotatable bonds is 4. The largest absolute Gasteiger partial charge is 0.300 e. The fraction of sp³-hybridized carbons (Fsp3) is 0.300. The first kappa shape index (κ1) is 10.3. The summed E-state index contributed by atoms with van der Waals surface area (Å²) in [5.41, 5.74) is 0.438. The van der Waals surface area contributed by atoms with Crippen LogP contribution in [-0.4, -0.2) is 12.0 Å². The molecule has 13 heavy (non-hydrogen) atoms. The zero-order valence-corrected chi connectivity index (χ0v) is 8.18. The third-order valence-electron chi connectivity index (χ3n) is 1.61. The van der Waals surface area contributed by atoms with E-state index in [1.807, 2.05) is 13.0 Å². The monoisotopic (exact) mass is 198 g/mol. The number of carbonyl (C=O) groups excluding carboxylic acids is 1. The van der Waals surface area contributed by atoms with Crippen LogP contribution in [0.25, 0.3) is 0 Å². The number of alkyl halides is 1. The van der Waals surface area contributed by atoms with E-state index >= 15 is 0 Å². The molecule has 0 N–H and O–H groups in total. The summed E-state index contributed by atoms with van der Waals surface area (Å²) in [6.45, 7) is 2.03. The smallest absolute Gasteiger partial charge is 0.180 e. The van der Waals surface area contributed by atoms with Gasteiger partial charge >= 0.3 is 0 Å². The minimum absolute atomic E-state index is 0.315. The Labute approximate surface area is 81.3 Å². The number of aldehydes is 1. The Morgan fingerprint density at radius 1 is 1.62 bits per heavy atom. The minimum atomic E-state index is -1.49. The Morgan fingerprint density at radius 3 is 3.00 bits per heavy atom. The van der Waals surface area contributed by atoms with Crippen LogP contribution < -0.4 is 0 Å². The van der Waals surface area contributed by atoms with E-state index in [1.165, 1.54) is 0 Å². The molecule has 1 aromatic carbocycles. The Balaban J connectivity index is 2.84. The molecule has 0 spiro atoms. The molecule has 70 valence electrons. The van der Waals surface area contributed by atoms with E-state index in [9.17, 15) is 9.18 Å². The average Bonchev–Trinajstić information content (AvgIpc) is 2.18. The molecule has 3 heteroatoms. The number of hydrogen-bond acceptors (Lipinski definition) is 2. The van der Waals surface area contributed by atoms with Crippen molar-refractivity contribution in [2.45, 2.75) is 18.0 Å². The van der Waals surface area contributed by atoms with Gasteiger partial charge in [-0.1, -0.05) is 19.1 Å². The zero-order valence-electron chi connectivity index (χ0n) is 7.37. The van der Waals surface area contributed by atoms with E-state index in [2.05, 4.69) is 0 Å². The Hall–Kier alpha value is -0.830. The molecular weight excluding hydrogens is 187 g/mol. The molecule has 0 bridgehead atoms. The van der Waals surface area contributed by atoms with Crippen LogP contribution in [0.1, 0.15) is 18.7 Å². The maximum absolute atomic E-state index is 12.9. The fourth-order valence-corrected chi connectivity index (χ4v) is 1.75. The first-order chi connectivity index (χ1) is 6.27. The lowest BCUT2D eigenvalue weighted by molar-refractivity contribution is -0.112. The van der Waals surface area contributed by atoms with Crippen molar-refractivity contribution in [1.29, 1.82) is 0 Å². The van der Waals surface area contributed by atoms with Crippen molar-refractivity contribution in [3.05, 3.63) is 29.8 Å². The molecule has 0 aromatic heterocycles. The third kappa shape index (κ3) is 2.84. The first-order valence-electron chi connectivity index (χ1n) is 4.10. The van der Waals surface area contributed by atoms with Crippen molar-refractivity contribution in [2.24, 2.45) is 0 Å². The van der Waals surface area contributed by atoms with Crippen molar-refractivity contribution in [3.8, 4) is 0 Å². The van der Waals surface area contributed by atoms with Crippen LogP contribution in [0.2, 0.25) is 0 Å². The van der Waals surface area contributed by atoms with Gasteiger partial charge in [0.15, 0.2) is 12.5 Å². The van der Waals surface area contributed by atoms with Crippen LogP contribution in [-0.2, 0) is 4.79 Å². The molecule has 0 aliphatic carbocycles. The lowest BCUT2D eigenvalue weighted by Crippen LogP contribution is -1.92. The molecule has 0 saturated carbocycles. The highest BCUT2D eigenvalue weighted by Gasteiger charge is 2.07. The lowest BCUT2D eigenvalue weighted by atomic mass is 10.1. The van der Waals surface area contributed by atoms with Crippen molar-refractivity contribution in [1.82, 2.24) is 0 Å². The quantitative estimate of drug-likeness (QED) is 0.546. The standard InChI is InChI=1S/C10H11FOS/c1-2-13-9-5-3-4-8(6-9)10(11)7-12/h3-7,10H,2H2,1H3. The van der Waals surface area contributed by atoms with Crippen LogP contribution in [0.3, 0.4) is 0 Å². The average molecular weight is 198 g/mol. The summed E-state index contributed by atoms with van der Waals surface area (Å²) in [7, 11) is 0. The van der Waals surface area contributed by atoms with Crippen LogP contribution in [0.5, 0.6) is 0 Å². The Morgan fingerprint density at radius 2 is 2.38 bits per heavy atom. The molecule has 0 fully saturated rings. The van der Waals surface area contributed by atoms with E-state index in [-0.39, 0.29) is 0 Å². The van der Waals surface area contributed by atoms with Gasteiger partial charge in [-0.15, -0.1) is 11.8 Å². The summed E-state index contributed by atoms with van der Waals surface area (Å²) in [5.74, 6) is 0.946. The molecule has 1 nitrogen and oxygen atoms in total. The van der Waals surface area contributed by atoms with E-state index in [0.717, 1.165) is 10.6 Å². The van der Waals surface area contributed by atoms with Crippen molar-refractivity contribution >= 4 is 18.0 Å². The second-order valence-corrected chi connectivity index (χ2v) is 3.88. The van der Waals surface area contributed by atoms with Crippen LogP contribution in [0, 0.1) is 0 Å². The zero-order chi connectivity index (χ0) is 9.68. The van der Waals surface area contributed by atoms with Crippen LogP contribution in [0.4, 0.5) is 4.39 Å². The highest BCUT2D eigenvalue weighted by atomic mass is 32.2. The third-order valence-corrected chi connectivity index (χ3v) is 2.48. The van der Waals surface area contributed by atoms with Gasteiger partial charge in [0.2, 0.25) is 0 Å². The molecule has 0 aliphatic heterocycles. The highest BCUT2D eigenvalue weighted by Crippen LogP contribution is 2.22. The van der Waals surface area contributed by atoms with Gasteiger partial charge in [-0.05, 0) is 23.4 Å². The number of halogens is 1. The summed E-state index contributed by atoms with van der Waals surface area (Å²) < 4.78 is 12.9. The molecule has 0 amide bonds.